The van der Waals surface area contributed by atoms with Crippen molar-refractivity contribution in [2.75, 3.05) is 19.6 Å². The Kier molecular flexibility index (Phi) is 6.85. The molecular weight excluding hydrogens is 451 g/mol. The van der Waals surface area contributed by atoms with E-state index >= 15 is 0 Å². The van der Waals surface area contributed by atoms with Crippen molar-refractivity contribution in [3.05, 3.63) is 59.7 Å². The fourth-order valence-electron chi connectivity index (χ4n) is 4.55. The van der Waals surface area contributed by atoms with E-state index < -0.39 is 29.2 Å². The average Bonchev–Trinajstić information content (AvgIpc) is 2.80. The quantitative estimate of drug-likeness (QED) is 0.586. The largest absolute Gasteiger partial charge is 0.416 e. The molecule has 1 aliphatic heterocycles. The molecule has 11 heteroatoms. The Morgan fingerprint density at radius 1 is 1.15 bits per heavy atom. The maximum Gasteiger partial charge on any atom is 0.416 e. The van der Waals surface area contributed by atoms with Crippen molar-refractivity contribution < 1.29 is 27.9 Å². The van der Waals surface area contributed by atoms with Gasteiger partial charge in [0.15, 0.2) is 0 Å². The molecule has 2 heterocycles. The lowest BCUT2D eigenvalue weighted by Gasteiger charge is -2.48. The summed E-state index contributed by atoms with van der Waals surface area (Å²) in [6.45, 7) is 1.02. The van der Waals surface area contributed by atoms with Crippen molar-refractivity contribution in [1.82, 2.24) is 25.5 Å². The molecule has 3 N–H and O–H groups in total. The fraction of sp³-hybridized carbons (Fsp3) is 0.478. The zero-order chi connectivity index (χ0) is 24.3. The smallest absolute Gasteiger partial charge is 0.385 e. The zero-order valence-electron chi connectivity index (χ0n) is 18.4. The molecule has 0 radical (unpaired) electrons. The van der Waals surface area contributed by atoms with Gasteiger partial charge in [0.1, 0.15) is 6.33 Å². The van der Waals surface area contributed by atoms with E-state index in [9.17, 15) is 27.9 Å². The van der Waals surface area contributed by atoms with Gasteiger partial charge in [-0.1, -0.05) is 6.07 Å². The number of hydrogen-bond donors (Lipinski definition) is 3. The highest BCUT2D eigenvalue weighted by Crippen LogP contribution is 2.39. The first-order valence-electron chi connectivity index (χ1n) is 11.1. The topological polar surface area (TPSA) is 107 Å². The predicted octanol–water partition coefficient (Wildman–Crippen LogP) is 1.86. The molecule has 182 valence electrons. The first kappa shape index (κ1) is 24.1. The van der Waals surface area contributed by atoms with Crippen LogP contribution in [0, 0.1) is 0 Å². The molecule has 8 nitrogen and oxygen atoms in total. The van der Waals surface area contributed by atoms with Crippen LogP contribution in [0.1, 0.15) is 47.2 Å². The van der Waals surface area contributed by atoms with Crippen molar-refractivity contribution in [2.24, 2.45) is 0 Å². The number of nitrogens with zero attached hydrogens (tertiary/aromatic N) is 3. The lowest BCUT2D eigenvalue weighted by molar-refractivity contribution is -0.137. The monoisotopic (exact) mass is 477 g/mol. The summed E-state index contributed by atoms with van der Waals surface area (Å²) < 4.78 is 38.4. The molecule has 4 rings (SSSR count). The second kappa shape index (κ2) is 9.67. The molecule has 2 aliphatic rings. The second-order valence-electron chi connectivity index (χ2n) is 8.87. The molecular formula is C23H26F3N5O3. The van der Waals surface area contributed by atoms with Crippen LogP contribution >= 0.6 is 0 Å². The molecule has 2 aromatic rings. The summed E-state index contributed by atoms with van der Waals surface area (Å²) in [5.74, 6) is -1.14. The van der Waals surface area contributed by atoms with Crippen molar-refractivity contribution in [3.63, 3.8) is 0 Å². The van der Waals surface area contributed by atoms with Gasteiger partial charge in [0.05, 0.1) is 23.8 Å². The first-order valence-corrected chi connectivity index (χ1v) is 11.1. The lowest BCUT2D eigenvalue weighted by atomic mass is 9.77. The maximum atomic E-state index is 12.8. The van der Waals surface area contributed by atoms with E-state index in [0.717, 1.165) is 36.6 Å². The summed E-state index contributed by atoms with van der Waals surface area (Å²) in [7, 11) is 0. The van der Waals surface area contributed by atoms with Crippen LogP contribution in [-0.4, -0.2) is 63.5 Å². The highest BCUT2D eigenvalue weighted by atomic mass is 19.4. The summed E-state index contributed by atoms with van der Waals surface area (Å²) in [5, 5.41) is 16.1. The van der Waals surface area contributed by atoms with Crippen molar-refractivity contribution >= 4 is 11.8 Å². The van der Waals surface area contributed by atoms with E-state index in [4.69, 9.17) is 0 Å². The lowest BCUT2D eigenvalue weighted by Crippen LogP contribution is -2.63. The summed E-state index contributed by atoms with van der Waals surface area (Å²) in [5.41, 5.74) is -1.25. The molecule has 1 saturated heterocycles. The minimum atomic E-state index is -4.54. The minimum Gasteiger partial charge on any atom is -0.385 e. The van der Waals surface area contributed by atoms with Gasteiger partial charge in [-0.05, 0) is 43.9 Å². The molecule has 1 aromatic heterocycles. The van der Waals surface area contributed by atoms with Gasteiger partial charge in [-0.15, -0.1) is 0 Å². The standard InChI is InChI=1S/C23H26F3N5O3/c24-23(25,26)16-3-1-2-15(8-16)21(33)29-11-20(32)30-18-12-31(13-18)19-4-6-22(34,7-5-19)17-9-27-14-28-10-17/h1-3,8-10,14,18-19,34H,4-7,11-13H2,(H,29,33)(H,30,32). The average molecular weight is 477 g/mol. The number of aromatic nitrogens is 2. The third-order valence-electron chi connectivity index (χ3n) is 6.53. The summed E-state index contributed by atoms with van der Waals surface area (Å²) >= 11 is 0. The normalized spacial score (nSPS) is 23.7. The van der Waals surface area contributed by atoms with Crippen LogP contribution in [0.15, 0.2) is 43.0 Å². The molecule has 0 spiro atoms. The number of benzene rings is 1. The van der Waals surface area contributed by atoms with E-state index in [1.54, 1.807) is 12.4 Å². The van der Waals surface area contributed by atoms with Crippen LogP contribution in [0.25, 0.3) is 0 Å². The Bertz CT molecular complexity index is 1020. The Morgan fingerprint density at radius 2 is 1.82 bits per heavy atom. The van der Waals surface area contributed by atoms with Crippen LogP contribution in [0.5, 0.6) is 0 Å². The van der Waals surface area contributed by atoms with E-state index in [-0.39, 0.29) is 18.2 Å². The Balaban J connectivity index is 1.17. The number of nitrogens with one attached hydrogen (secondary N) is 2. The van der Waals surface area contributed by atoms with Gasteiger partial charge < -0.3 is 15.7 Å². The van der Waals surface area contributed by atoms with Crippen LogP contribution in [0.2, 0.25) is 0 Å². The van der Waals surface area contributed by atoms with Gasteiger partial charge in [0.25, 0.3) is 5.91 Å². The number of amides is 2. The molecule has 2 amide bonds. The van der Waals surface area contributed by atoms with E-state index in [1.165, 1.54) is 12.4 Å². The number of aliphatic hydroxyl groups is 1. The van der Waals surface area contributed by atoms with Gasteiger partial charge in [0.2, 0.25) is 5.91 Å². The Labute approximate surface area is 194 Å². The minimum absolute atomic E-state index is 0.0544. The third kappa shape index (κ3) is 5.53. The van der Waals surface area contributed by atoms with Crippen LogP contribution in [0.4, 0.5) is 13.2 Å². The number of carbonyl (C=O) groups is 2. The van der Waals surface area contributed by atoms with E-state index in [2.05, 4.69) is 25.5 Å². The molecule has 1 aromatic carbocycles. The number of halogens is 3. The number of alkyl halides is 3. The number of carbonyl (C=O) groups excluding carboxylic acids is 2. The van der Waals surface area contributed by atoms with Crippen LogP contribution < -0.4 is 10.6 Å². The number of likely N-dealkylation sites (tertiary alicyclic amines) is 1. The summed E-state index contributed by atoms with van der Waals surface area (Å²) in [6.07, 6.45) is 3.04. The molecule has 0 atom stereocenters. The maximum absolute atomic E-state index is 12.8. The Morgan fingerprint density at radius 3 is 2.47 bits per heavy atom. The number of rotatable bonds is 6. The molecule has 0 bridgehead atoms. The SMILES string of the molecule is O=C(CNC(=O)c1cccc(C(F)(F)F)c1)NC1CN(C2CCC(O)(c3cncnc3)CC2)C1. The van der Waals surface area contributed by atoms with Gasteiger partial charge in [-0.2, -0.15) is 13.2 Å². The summed E-state index contributed by atoms with van der Waals surface area (Å²) in [6, 6.07) is 4.32. The van der Waals surface area contributed by atoms with Crippen molar-refractivity contribution in [1.29, 1.82) is 0 Å². The van der Waals surface area contributed by atoms with Gasteiger partial charge in [0, 0.05) is 42.7 Å². The number of hydrogen-bond acceptors (Lipinski definition) is 6. The van der Waals surface area contributed by atoms with Crippen molar-refractivity contribution in [3.8, 4) is 0 Å². The molecule has 1 aliphatic carbocycles. The highest BCUT2D eigenvalue weighted by Gasteiger charge is 2.40. The van der Waals surface area contributed by atoms with Gasteiger partial charge >= 0.3 is 6.18 Å². The van der Waals surface area contributed by atoms with Gasteiger partial charge in [-0.3, -0.25) is 14.5 Å². The fourth-order valence-corrected chi connectivity index (χ4v) is 4.55. The predicted molar refractivity (Wildman–Crippen MR) is 115 cm³/mol. The third-order valence-corrected chi connectivity index (χ3v) is 6.53. The summed E-state index contributed by atoms with van der Waals surface area (Å²) in [4.78, 5) is 34.5. The highest BCUT2D eigenvalue weighted by molar-refractivity contribution is 5.96. The first-order chi connectivity index (χ1) is 16.1. The Hall–Kier alpha value is -3.05. The van der Waals surface area contributed by atoms with Crippen molar-refractivity contribution in [2.45, 2.75) is 49.5 Å². The zero-order valence-corrected chi connectivity index (χ0v) is 18.4. The van der Waals surface area contributed by atoms with Gasteiger partial charge in [-0.25, -0.2) is 9.97 Å². The van der Waals surface area contributed by atoms with Crippen LogP contribution in [-0.2, 0) is 16.6 Å². The molecule has 2 fully saturated rings. The molecule has 34 heavy (non-hydrogen) atoms. The molecule has 1 saturated carbocycles. The molecule has 0 unspecified atom stereocenters. The van der Waals surface area contributed by atoms with E-state index in [1.807, 2.05) is 0 Å². The van der Waals surface area contributed by atoms with E-state index in [0.29, 0.717) is 32.0 Å². The second-order valence-corrected chi connectivity index (χ2v) is 8.87. The van der Waals surface area contributed by atoms with Crippen LogP contribution in [0.3, 0.4) is 0 Å².